The van der Waals surface area contributed by atoms with Gasteiger partial charge < -0.3 is 9.72 Å². The number of ether oxygens (including phenoxy) is 1. The second-order valence-corrected chi connectivity index (χ2v) is 3.00. The largest absolute Gasteiger partial charge is 0.466 e. The van der Waals surface area contributed by atoms with E-state index in [-0.39, 0.29) is 5.97 Å². The van der Waals surface area contributed by atoms with E-state index in [9.17, 15) is 4.79 Å². The molecule has 0 saturated carbocycles. The molecule has 0 fully saturated rings. The molecular formula is C11H10N2O2. The highest BCUT2D eigenvalue weighted by Crippen LogP contribution is 2.15. The van der Waals surface area contributed by atoms with Crippen molar-refractivity contribution in [1.82, 2.24) is 9.97 Å². The van der Waals surface area contributed by atoms with Gasteiger partial charge in [-0.25, -0.2) is 9.78 Å². The number of nitrogens with one attached hydrogen (secondary N) is 1. The summed E-state index contributed by atoms with van der Waals surface area (Å²) in [7, 11) is 1.35. The zero-order chi connectivity index (χ0) is 10.7. The Morgan fingerprint density at radius 2 is 2.40 bits per heavy atom. The number of benzene rings is 1. The first-order valence-electron chi connectivity index (χ1n) is 4.49. The number of rotatable bonds is 2. The number of hydrogen-bond donors (Lipinski definition) is 1. The standard InChI is InChI=1S/C11H10N2O2/c1-15-10(14)6-5-8-3-2-4-9-11(8)13-7-12-9/h2-7H,1H3,(H,12,13). The third-order valence-corrected chi connectivity index (χ3v) is 2.08. The molecule has 4 nitrogen and oxygen atoms in total. The minimum absolute atomic E-state index is 0.373. The van der Waals surface area contributed by atoms with E-state index in [0.717, 1.165) is 16.6 Å². The maximum atomic E-state index is 10.9. The molecule has 1 aromatic heterocycles. The smallest absolute Gasteiger partial charge is 0.330 e. The third-order valence-electron chi connectivity index (χ3n) is 2.08. The summed E-state index contributed by atoms with van der Waals surface area (Å²) in [5, 5.41) is 0. The van der Waals surface area contributed by atoms with Gasteiger partial charge in [0.25, 0.3) is 0 Å². The van der Waals surface area contributed by atoms with Gasteiger partial charge in [0.2, 0.25) is 0 Å². The molecule has 0 aliphatic rings. The summed E-state index contributed by atoms with van der Waals surface area (Å²) < 4.78 is 4.51. The average molecular weight is 202 g/mol. The zero-order valence-corrected chi connectivity index (χ0v) is 8.23. The van der Waals surface area contributed by atoms with Crippen LogP contribution in [0.3, 0.4) is 0 Å². The lowest BCUT2D eigenvalue weighted by molar-refractivity contribution is -0.134. The van der Waals surface area contributed by atoms with Crippen molar-refractivity contribution in [3.05, 3.63) is 36.2 Å². The van der Waals surface area contributed by atoms with Crippen LogP contribution < -0.4 is 0 Å². The van der Waals surface area contributed by atoms with Gasteiger partial charge in [-0.15, -0.1) is 0 Å². The number of hydrogen-bond acceptors (Lipinski definition) is 3. The molecule has 2 rings (SSSR count). The number of aromatic nitrogens is 2. The van der Waals surface area contributed by atoms with Crippen LogP contribution in [-0.4, -0.2) is 23.0 Å². The molecule has 4 heteroatoms. The van der Waals surface area contributed by atoms with E-state index < -0.39 is 0 Å². The van der Waals surface area contributed by atoms with Crippen molar-refractivity contribution >= 4 is 23.1 Å². The van der Waals surface area contributed by atoms with Crippen molar-refractivity contribution in [2.24, 2.45) is 0 Å². The van der Waals surface area contributed by atoms with E-state index in [0.29, 0.717) is 0 Å². The predicted molar refractivity (Wildman–Crippen MR) is 57.1 cm³/mol. The Morgan fingerprint density at radius 3 is 3.20 bits per heavy atom. The van der Waals surface area contributed by atoms with Gasteiger partial charge in [0.1, 0.15) is 0 Å². The molecule has 0 bridgehead atoms. The normalized spacial score (nSPS) is 11.0. The van der Waals surface area contributed by atoms with Crippen LogP contribution in [0.5, 0.6) is 0 Å². The molecular weight excluding hydrogens is 192 g/mol. The van der Waals surface area contributed by atoms with Gasteiger partial charge in [-0.05, 0) is 12.1 Å². The highest BCUT2D eigenvalue weighted by molar-refractivity contribution is 5.91. The summed E-state index contributed by atoms with van der Waals surface area (Å²) in [5.41, 5.74) is 2.68. The quantitative estimate of drug-likeness (QED) is 0.596. The van der Waals surface area contributed by atoms with Crippen LogP contribution in [0.4, 0.5) is 0 Å². The van der Waals surface area contributed by atoms with Crippen LogP contribution in [0, 0.1) is 0 Å². The van der Waals surface area contributed by atoms with Crippen molar-refractivity contribution in [2.45, 2.75) is 0 Å². The lowest BCUT2D eigenvalue weighted by Gasteiger charge is -1.94. The van der Waals surface area contributed by atoms with Crippen molar-refractivity contribution in [1.29, 1.82) is 0 Å². The number of esters is 1. The second kappa shape index (κ2) is 3.96. The van der Waals surface area contributed by atoms with E-state index in [1.165, 1.54) is 13.2 Å². The SMILES string of the molecule is COC(=O)C=Cc1cccc2[nH]cnc12. The first-order valence-corrected chi connectivity index (χ1v) is 4.49. The topological polar surface area (TPSA) is 55.0 Å². The summed E-state index contributed by atoms with van der Waals surface area (Å²) >= 11 is 0. The number of fused-ring (bicyclic) bond motifs is 1. The van der Waals surface area contributed by atoms with Gasteiger partial charge in [0, 0.05) is 11.6 Å². The van der Waals surface area contributed by atoms with Crippen molar-refractivity contribution < 1.29 is 9.53 Å². The minimum Gasteiger partial charge on any atom is -0.466 e. The summed E-state index contributed by atoms with van der Waals surface area (Å²) in [5.74, 6) is -0.373. The van der Waals surface area contributed by atoms with Crippen molar-refractivity contribution in [3.8, 4) is 0 Å². The van der Waals surface area contributed by atoms with Crippen LogP contribution in [0.2, 0.25) is 0 Å². The Balaban J connectivity index is 2.39. The first kappa shape index (κ1) is 9.45. The van der Waals surface area contributed by atoms with Gasteiger partial charge in [0.15, 0.2) is 0 Å². The van der Waals surface area contributed by atoms with Gasteiger partial charge >= 0.3 is 5.97 Å². The molecule has 0 unspecified atom stereocenters. The van der Waals surface area contributed by atoms with E-state index in [2.05, 4.69) is 14.7 Å². The molecule has 0 saturated heterocycles. The first-order chi connectivity index (χ1) is 7.31. The maximum Gasteiger partial charge on any atom is 0.330 e. The summed E-state index contributed by atoms with van der Waals surface area (Å²) in [6, 6.07) is 5.72. The summed E-state index contributed by atoms with van der Waals surface area (Å²) in [6.45, 7) is 0. The van der Waals surface area contributed by atoms with E-state index in [4.69, 9.17) is 0 Å². The van der Waals surface area contributed by atoms with Gasteiger partial charge in [-0.2, -0.15) is 0 Å². The highest BCUT2D eigenvalue weighted by atomic mass is 16.5. The number of nitrogens with zero attached hydrogens (tertiary/aromatic N) is 1. The van der Waals surface area contributed by atoms with Crippen LogP contribution >= 0.6 is 0 Å². The fraction of sp³-hybridized carbons (Fsp3) is 0.0909. The van der Waals surface area contributed by atoms with Crippen LogP contribution in [0.15, 0.2) is 30.6 Å². The highest BCUT2D eigenvalue weighted by Gasteiger charge is 2.00. The monoisotopic (exact) mass is 202 g/mol. The number of carbonyl (C=O) groups is 1. The molecule has 0 spiro atoms. The molecule has 2 aromatic rings. The molecule has 1 N–H and O–H groups in total. The molecule has 1 heterocycles. The Hall–Kier alpha value is -2.10. The van der Waals surface area contributed by atoms with Crippen LogP contribution in [0.1, 0.15) is 5.56 Å². The summed E-state index contributed by atoms with van der Waals surface area (Å²) in [6.07, 6.45) is 4.69. The number of imidazole rings is 1. The third kappa shape index (κ3) is 1.88. The van der Waals surface area contributed by atoms with Gasteiger partial charge in [-0.1, -0.05) is 12.1 Å². The van der Waals surface area contributed by atoms with E-state index in [1.54, 1.807) is 12.4 Å². The molecule has 1 aromatic carbocycles. The molecule has 76 valence electrons. The van der Waals surface area contributed by atoms with Crippen LogP contribution in [0.25, 0.3) is 17.1 Å². The zero-order valence-electron chi connectivity index (χ0n) is 8.23. The van der Waals surface area contributed by atoms with Gasteiger partial charge in [-0.3, -0.25) is 0 Å². The predicted octanol–water partition coefficient (Wildman–Crippen LogP) is 1.75. The number of aromatic amines is 1. The minimum atomic E-state index is -0.373. The molecule has 0 amide bonds. The lowest BCUT2D eigenvalue weighted by Crippen LogP contribution is -1.93. The average Bonchev–Trinajstić information content (AvgIpc) is 2.74. The molecule has 0 atom stereocenters. The number of methoxy groups -OCH3 is 1. The molecule has 0 aliphatic carbocycles. The number of carbonyl (C=O) groups excluding carboxylic acids is 1. The van der Waals surface area contributed by atoms with E-state index in [1.807, 2.05) is 18.2 Å². The fourth-order valence-corrected chi connectivity index (χ4v) is 1.35. The van der Waals surface area contributed by atoms with Crippen LogP contribution in [-0.2, 0) is 9.53 Å². The molecule has 0 radical (unpaired) electrons. The second-order valence-electron chi connectivity index (χ2n) is 3.00. The number of H-pyrrole nitrogens is 1. The summed E-state index contributed by atoms with van der Waals surface area (Å²) in [4.78, 5) is 18.1. The molecule has 15 heavy (non-hydrogen) atoms. The Labute approximate surface area is 86.6 Å². The Kier molecular flexibility index (Phi) is 2.49. The van der Waals surface area contributed by atoms with E-state index >= 15 is 0 Å². The Bertz CT molecular complexity index is 514. The van der Waals surface area contributed by atoms with Crippen molar-refractivity contribution in [3.63, 3.8) is 0 Å². The van der Waals surface area contributed by atoms with Gasteiger partial charge in [0.05, 0.1) is 24.5 Å². The van der Waals surface area contributed by atoms with Crippen molar-refractivity contribution in [2.75, 3.05) is 7.11 Å². The Morgan fingerprint density at radius 1 is 1.53 bits per heavy atom. The fourth-order valence-electron chi connectivity index (χ4n) is 1.35. The maximum absolute atomic E-state index is 10.9. The lowest BCUT2D eigenvalue weighted by atomic mass is 10.2. The number of para-hydroxylation sites is 1. The molecule has 0 aliphatic heterocycles.